The molecule has 1 aromatic rings. The van der Waals surface area contributed by atoms with Gasteiger partial charge in [-0.2, -0.15) is 0 Å². The first-order chi connectivity index (χ1) is 9.99. The lowest BCUT2D eigenvalue weighted by Crippen LogP contribution is -2.44. The van der Waals surface area contributed by atoms with E-state index in [4.69, 9.17) is 0 Å². The van der Waals surface area contributed by atoms with Gasteiger partial charge in [0.1, 0.15) is 11.6 Å². The highest BCUT2D eigenvalue weighted by atomic mass is 19.1. The van der Waals surface area contributed by atoms with E-state index in [9.17, 15) is 13.6 Å². The van der Waals surface area contributed by atoms with Gasteiger partial charge in [-0.05, 0) is 37.4 Å². The number of nitrogens with one attached hydrogen (secondary N) is 1. The van der Waals surface area contributed by atoms with Crippen LogP contribution in [0.4, 0.5) is 8.78 Å². The molecule has 0 unspecified atom stereocenters. The Labute approximate surface area is 124 Å². The van der Waals surface area contributed by atoms with E-state index in [0.717, 1.165) is 25.9 Å². The molecule has 1 heterocycles. The van der Waals surface area contributed by atoms with E-state index in [1.165, 1.54) is 18.2 Å². The van der Waals surface area contributed by atoms with Crippen LogP contribution in [0.1, 0.15) is 32.3 Å². The largest absolute Gasteiger partial charge is 0.350 e. The third kappa shape index (κ3) is 4.00. The number of hydrogen-bond donors (Lipinski definition) is 1. The molecule has 0 radical (unpaired) electrons. The van der Waals surface area contributed by atoms with Crippen LogP contribution in [-0.4, -0.2) is 29.9 Å². The average molecular weight is 296 g/mol. The number of hydrogen-bond acceptors (Lipinski definition) is 2. The lowest BCUT2D eigenvalue weighted by atomic mass is 10.1. The summed E-state index contributed by atoms with van der Waals surface area (Å²) in [4.78, 5) is 14.4. The molecule has 0 aromatic heterocycles. The zero-order chi connectivity index (χ0) is 15.4. The van der Waals surface area contributed by atoms with E-state index in [-0.39, 0.29) is 24.1 Å². The molecule has 0 saturated carbocycles. The van der Waals surface area contributed by atoms with Crippen molar-refractivity contribution in [1.29, 1.82) is 0 Å². The van der Waals surface area contributed by atoms with Crippen molar-refractivity contribution in [2.75, 3.05) is 13.1 Å². The Bertz CT molecular complexity index is 485. The Morgan fingerprint density at radius 2 is 2.05 bits per heavy atom. The highest BCUT2D eigenvalue weighted by Gasteiger charge is 2.30. The first kappa shape index (κ1) is 15.9. The van der Waals surface area contributed by atoms with Crippen LogP contribution < -0.4 is 5.32 Å². The Morgan fingerprint density at radius 3 is 2.67 bits per heavy atom. The van der Waals surface area contributed by atoms with Crippen molar-refractivity contribution in [2.24, 2.45) is 5.92 Å². The fraction of sp³-hybridized carbons (Fsp3) is 0.562. The van der Waals surface area contributed by atoms with Crippen LogP contribution in [0.5, 0.6) is 0 Å². The zero-order valence-electron chi connectivity index (χ0n) is 12.5. The second-order valence-corrected chi connectivity index (χ2v) is 5.96. The maximum absolute atomic E-state index is 13.5. The van der Waals surface area contributed by atoms with Gasteiger partial charge in [0.05, 0.1) is 6.04 Å². The summed E-state index contributed by atoms with van der Waals surface area (Å²) in [7, 11) is 0. The third-order valence-electron chi connectivity index (χ3n) is 3.77. The summed E-state index contributed by atoms with van der Waals surface area (Å²) in [5, 5.41) is 2.67. The topological polar surface area (TPSA) is 32.3 Å². The van der Waals surface area contributed by atoms with Gasteiger partial charge in [-0.3, -0.25) is 9.69 Å². The van der Waals surface area contributed by atoms with Crippen LogP contribution in [0.2, 0.25) is 0 Å². The lowest BCUT2D eigenvalue weighted by Gasteiger charge is -2.25. The molecule has 0 spiro atoms. The van der Waals surface area contributed by atoms with Crippen LogP contribution in [0.25, 0.3) is 0 Å². The van der Waals surface area contributed by atoms with E-state index < -0.39 is 11.6 Å². The Morgan fingerprint density at radius 1 is 1.38 bits per heavy atom. The number of likely N-dealkylation sites (tertiary alicyclic amines) is 1. The minimum Gasteiger partial charge on any atom is -0.350 e. The van der Waals surface area contributed by atoms with Gasteiger partial charge in [-0.15, -0.1) is 0 Å². The van der Waals surface area contributed by atoms with Crippen LogP contribution in [-0.2, 0) is 11.3 Å². The summed E-state index contributed by atoms with van der Waals surface area (Å²) < 4.78 is 27.1. The number of amides is 1. The van der Waals surface area contributed by atoms with Crippen LogP contribution in [0.3, 0.4) is 0 Å². The summed E-state index contributed by atoms with van der Waals surface area (Å²) in [6.45, 7) is 5.89. The number of carbonyl (C=O) groups is 1. The maximum atomic E-state index is 13.5. The summed E-state index contributed by atoms with van der Waals surface area (Å²) in [5.74, 6) is -0.903. The van der Waals surface area contributed by atoms with Crippen molar-refractivity contribution in [3.63, 3.8) is 0 Å². The molecule has 1 fully saturated rings. The lowest BCUT2D eigenvalue weighted by molar-refractivity contribution is -0.125. The third-order valence-corrected chi connectivity index (χ3v) is 3.77. The van der Waals surface area contributed by atoms with Gasteiger partial charge in [0.15, 0.2) is 0 Å². The second kappa shape index (κ2) is 6.98. The number of rotatable bonds is 5. The van der Waals surface area contributed by atoms with Crippen molar-refractivity contribution < 1.29 is 13.6 Å². The molecule has 21 heavy (non-hydrogen) atoms. The molecule has 1 N–H and O–H groups in total. The number of benzene rings is 1. The fourth-order valence-corrected chi connectivity index (χ4v) is 2.81. The SMILES string of the molecule is CC(C)CN1CCC[C@@H]1C(=O)NCc1c(F)cccc1F. The second-order valence-electron chi connectivity index (χ2n) is 5.96. The maximum Gasteiger partial charge on any atom is 0.237 e. The molecule has 0 aliphatic carbocycles. The van der Waals surface area contributed by atoms with E-state index >= 15 is 0 Å². The van der Waals surface area contributed by atoms with Crippen LogP contribution in [0, 0.1) is 17.6 Å². The van der Waals surface area contributed by atoms with E-state index in [1.807, 2.05) is 0 Å². The minimum atomic E-state index is -0.624. The van der Waals surface area contributed by atoms with Crippen LogP contribution >= 0.6 is 0 Å². The summed E-state index contributed by atoms with van der Waals surface area (Å²) >= 11 is 0. The van der Waals surface area contributed by atoms with Crippen molar-refractivity contribution in [3.8, 4) is 0 Å². The molecular formula is C16H22F2N2O. The van der Waals surface area contributed by atoms with Gasteiger partial charge >= 0.3 is 0 Å². The number of nitrogens with zero attached hydrogens (tertiary/aromatic N) is 1. The first-order valence-electron chi connectivity index (χ1n) is 7.43. The Hall–Kier alpha value is -1.49. The molecule has 1 aliphatic rings. The van der Waals surface area contributed by atoms with Crippen molar-refractivity contribution >= 4 is 5.91 Å². The van der Waals surface area contributed by atoms with Crippen LogP contribution in [0.15, 0.2) is 18.2 Å². The molecule has 116 valence electrons. The van der Waals surface area contributed by atoms with Gasteiger partial charge in [0.2, 0.25) is 5.91 Å². The van der Waals surface area contributed by atoms with Gasteiger partial charge in [0, 0.05) is 18.7 Å². The van der Waals surface area contributed by atoms with Gasteiger partial charge in [-0.25, -0.2) is 8.78 Å². The van der Waals surface area contributed by atoms with E-state index in [1.54, 1.807) is 0 Å². The number of carbonyl (C=O) groups excluding carboxylic acids is 1. The average Bonchev–Trinajstić information content (AvgIpc) is 2.85. The molecule has 1 amide bonds. The van der Waals surface area contributed by atoms with Gasteiger partial charge in [0.25, 0.3) is 0 Å². The minimum absolute atomic E-state index is 0.0840. The molecule has 3 nitrogen and oxygen atoms in total. The highest BCUT2D eigenvalue weighted by Crippen LogP contribution is 2.19. The molecule has 1 atom stereocenters. The predicted octanol–water partition coefficient (Wildman–Crippen LogP) is 2.70. The standard InChI is InChI=1S/C16H22F2N2O/c1-11(2)10-20-8-4-7-15(20)16(21)19-9-12-13(17)5-3-6-14(12)18/h3,5-6,11,15H,4,7-10H2,1-2H3,(H,19,21)/t15-/m1/s1. The molecule has 5 heteroatoms. The normalized spacial score (nSPS) is 19.2. The predicted molar refractivity (Wildman–Crippen MR) is 77.6 cm³/mol. The molecule has 1 aromatic carbocycles. The molecule has 0 bridgehead atoms. The molecule has 1 aliphatic heterocycles. The Balaban J connectivity index is 1.95. The van der Waals surface area contributed by atoms with Crippen molar-refractivity contribution in [2.45, 2.75) is 39.3 Å². The van der Waals surface area contributed by atoms with E-state index in [2.05, 4.69) is 24.1 Å². The smallest absolute Gasteiger partial charge is 0.237 e. The Kier molecular flexibility index (Phi) is 5.28. The highest BCUT2D eigenvalue weighted by molar-refractivity contribution is 5.82. The first-order valence-corrected chi connectivity index (χ1v) is 7.43. The number of halogens is 2. The summed E-state index contributed by atoms with van der Waals surface area (Å²) in [6.07, 6.45) is 1.79. The van der Waals surface area contributed by atoms with Gasteiger partial charge < -0.3 is 5.32 Å². The quantitative estimate of drug-likeness (QED) is 0.906. The zero-order valence-corrected chi connectivity index (χ0v) is 12.5. The molecule has 1 saturated heterocycles. The van der Waals surface area contributed by atoms with E-state index in [0.29, 0.717) is 5.92 Å². The fourth-order valence-electron chi connectivity index (χ4n) is 2.81. The van der Waals surface area contributed by atoms with Crippen molar-refractivity contribution in [3.05, 3.63) is 35.4 Å². The monoisotopic (exact) mass is 296 g/mol. The molecular weight excluding hydrogens is 274 g/mol. The van der Waals surface area contributed by atoms with Gasteiger partial charge in [-0.1, -0.05) is 19.9 Å². The summed E-state index contributed by atoms with van der Waals surface area (Å²) in [6, 6.07) is 3.54. The van der Waals surface area contributed by atoms with Crippen molar-refractivity contribution in [1.82, 2.24) is 10.2 Å². The summed E-state index contributed by atoms with van der Waals surface area (Å²) in [5.41, 5.74) is -0.0840. The molecule has 2 rings (SSSR count).